The van der Waals surface area contributed by atoms with E-state index < -0.39 is 5.97 Å². The molecule has 2 unspecified atom stereocenters. The Bertz CT molecular complexity index is 184. The Morgan fingerprint density at radius 3 is 2.93 bits per heavy atom. The molecule has 0 spiro atoms. The van der Waals surface area contributed by atoms with Crippen LogP contribution in [0.5, 0.6) is 0 Å². The van der Waals surface area contributed by atoms with Crippen molar-refractivity contribution in [2.24, 2.45) is 11.7 Å². The zero-order valence-electron chi connectivity index (χ0n) is 8.45. The number of carbonyl (C=O) groups is 1. The van der Waals surface area contributed by atoms with Gasteiger partial charge in [0.15, 0.2) is 0 Å². The van der Waals surface area contributed by atoms with E-state index in [1.165, 1.54) is 0 Å². The molecule has 0 saturated heterocycles. The van der Waals surface area contributed by atoms with Crippen molar-refractivity contribution < 1.29 is 14.6 Å². The van der Waals surface area contributed by atoms with Gasteiger partial charge in [0, 0.05) is 6.61 Å². The van der Waals surface area contributed by atoms with E-state index >= 15 is 0 Å². The van der Waals surface area contributed by atoms with Crippen LogP contribution in [0, 0.1) is 5.92 Å². The van der Waals surface area contributed by atoms with Crippen LogP contribution < -0.4 is 5.73 Å². The monoisotopic (exact) mass is 201 g/mol. The summed E-state index contributed by atoms with van der Waals surface area (Å²) in [6.07, 6.45) is 4.41. The molecule has 0 amide bonds. The molecule has 82 valence electrons. The van der Waals surface area contributed by atoms with Crippen molar-refractivity contribution in [3.8, 4) is 0 Å². The van der Waals surface area contributed by atoms with E-state index in [0.29, 0.717) is 19.6 Å². The lowest BCUT2D eigenvalue weighted by molar-refractivity contribution is -0.144. The van der Waals surface area contributed by atoms with E-state index in [-0.39, 0.29) is 12.0 Å². The van der Waals surface area contributed by atoms with E-state index in [1.807, 2.05) is 0 Å². The zero-order valence-corrected chi connectivity index (χ0v) is 8.45. The maximum Gasteiger partial charge on any atom is 0.306 e. The lowest BCUT2D eigenvalue weighted by Crippen LogP contribution is -2.28. The smallest absolute Gasteiger partial charge is 0.306 e. The highest BCUT2D eigenvalue weighted by Gasteiger charge is 2.27. The van der Waals surface area contributed by atoms with Gasteiger partial charge in [0.25, 0.3) is 0 Å². The number of aliphatic carboxylic acids is 1. The molecule has 1 aliphatic carbocycles. The van der Waals surface area contributed by atoms with Crippen LogP contribution in [0.4, 0.5) is 0 Å². The first-order valence-corrected chi connectivity index (χ1v) is 5.28. The molecule has 0 radical (unpaired) electrons. The summed E-state index contributed by atoms with van der Waals surface area (Å²) in [5.74, 6) is -0.885. The Hall–Kier alpha value is -0.610. The molecule has 1 fully saturated rings. The standard InChI is InChI=1S/C10H19NO3/c11-5-2-6-14-9-4-1-3-8(7-9)10(12)13/h8-9H,1-7,11H2,(H,12,13). The quantitative estimate of drug-likeness (QED) is 0.651. The Kier molecular flexibility index (Phi) is 4.90. The molecule has 1 aliphatic rings. The summed E-state index contributed by atoms with van der Waals surface area (Å²) in [5.41, 5.74) is 5.35. The summed E-state index contributed by atoms with van der Waals surface area (Å²) in [6, 6.07) is 0. The van der Waals surface area contributed by atoms with E-state index in [0.717, 1.165) is 25.7 Å². The molecule has 1 rings (SSSR count). The van der Waals surface area contributed by atoms with Crippen molar-refractivity contribution in [3.05, 3.63) is 0 Å². The van der Waals surface area contributed by atoms with Crippen molar-refractivity contribution in [2.45, 2.75) is 38.2 Å². The molecule has 4 nitrogen and oxygen atoms in total. The fraction of sp³-hybridized carbons (Fsp3) is 0.900. The Morgan fingerprint density at radius 1 is 1.50 bits per heavy atom. The second kappa shape index (κ2) is 5.98. The lowest BCUT2D eigenvalue weighted by Gasteiger charge is -2.26. The van der Waals surface area contributed by atoms with Crippen LogP contribution in [0.3, 0.4) is 0 Å². The van der Waals surface area contributed by atoms with Crippen LogP contribution in [-0.2, 0) is 9.53 Å². The van der Waals surface area contributed by atoms with E-state index in [2.05, 4.69) is 0 Å². The summed E-state index contributed by atoms with van der Waals surface area (Å²) >= 11 is 0. The summed E-state index contributed by atoms with van der Waals surface area (Å²) < 4.78 is 5.56. The number of carboxylic acids is 1. The number of hydrogen-bond donors (Lipinski definition) is 2. The second-order valence-corrected chi connectivity index (χ2v) is 3.84. The van der Waals surface area contributed by atoms with Gasteiger partial charge in [-0.1, -0.05) is 6.42 Å². The fourth-order valence-electron chi connectivity index (χ4n) is 1.85. The third kappa shape index (κ3) is 3.64. The van der Waals surface area contributed by atoms with Gasteiger partial charge >= 0.3 is 5.97 Å². The van der Waals surface area contributed by atoms with Crippen molar-refractivity contribution in [2.75, 3.05) is 13.2 Å². The SMILES string of the molecule is NCCCOC1CCCC(C(=O)O)C1. The first-order valence-electron chi connectivity index (χ1n) is 5.28. The molecule has 0 heterocycles. The third-order valence-corrected chi connectivity index (χ3v) is 2.68. The topological polar surface area (TPSA) is 72.5 Å². The number of rotatable bonds is 5. The van der Waals surface area contributed by atoms with Crippen molar-refractivity contribution in [1.82, 2.24) is 0 Å². The van der Waals surface area contributed by atoms with Crippen LogP contribution in [0.25, 0.3) is 0 Å². The van der Waals surface area contributed by atoms with Crippen LogP contribution in [0.15, 0.2) is 0 Å². The average molecular weight is 201 g/mol. The highest BCUT2D eigenvalue weighted by atomic mass is 16.5. The molecule has 0 aromatic rings. The van der Waals surface area contributed by atoms with Gasteiger partial charge in [0.05, 0.1) is 12.0 Å². The lowest BCUT2D eigenvalue weighted by atomic mass is 9.87. The highest BCUT2D eigenvalue weighted by Crippen LogP contribution is 2.26. The first-order chi connectivity index (χ1) is 6.74. The summed E-state index contributed by atoms with van der Waals surface area (Å²) in [6.45, 7) is 1.29. The number of carboxylic acid groups (broad SMARTS) is 1. The molecule has 0 aliphatic heterocycles. The molecule has 4 heteroatoms. The molecule has 1 saturated carbocycles. The van der Waals surface area contributed by atoms with Crippen LogP contribution in [-0.4, -0.2) is 30.3 Å². The predicted octanol–water partition coefficient (Wildman–Crippen LogP) is 0.995. The van der Waals surface area contributed by atoms with Gasteiger partial charge < -0.3 is 15.6 Å². The van der Waals surface area contributed by atoms with Gasteiger partial charge in [-0.05, 0) is 32.2 Å². The average Bonchev–Trinajstić information content (AvgIpc) is 2.19. The van der Waals surface area contributed by atoms with E-state index in [9.17, 15) is 4.79 Å². The molecule has 14 heavy (non-hydrogen) atoms. The van der Waals surface area contributed by atoms with Gasteiger partial charge in [-0.3, -0.25) is 4.79 Å². The molecule has 0 aromatic carbocycles. The molecule has 3 N–H and O–H groups in total. The fourth-order valence-corrected chi connectivity index (χ4v) is 1.85. The van der Waals surface area contributed by atoms with Gasteiger partial charge in [-0.15, -0.1) is 0 Å². The zero-order chi connectivity index (χ0) is 10.4. The van der Waals surface area contributed by atoms with Crippen molar-refractivity contribution >= 4 is 5.97 Å². The molecule has 0 bridgehead atoms. The van der Waals surface area contributed by atoms with Crippen LogP contribution >= 0.6 is 0 Å². The van der Waals surface area contributed by atoms with Gasteiger partial charge in [-0.2, -0.15) is 0 Å². The minimum absolute atomic E-state index is 0.136. The van der Waals surface area contributed by atoms with Gasteiger partial charge in [0.1, 0.15) is 0 Å². The van der Waals surface area contributed by atoms with Gasteiger partial charge in [0.2, 0.25) is 0 Å². The number of nitrogens with two attached hydrogens (primary N) is 1. The molecular weight excluding hydrogens is 182 g/mol. The summed E-state index contributed by atoms with van der Waals surface area (Å²) in [7, 11) is 0. The van der Waals surface area contributed by atoms with Crippen molar-refractivity contribution in [1.29, 1.82) is 0 Å². The predicted molar refractivity (Wildman–Crippen MR) is 53.0 cm³/mol. The third-order valence-electron chi connectivity index (χ3n) is 2.68. The van der Waals surface area contributed by atoms with E-state index in [1.54, 1.807) is 0 Å². The summed E-state index contributed by atoms with van der Waals surface area (Å²) in [4.78, 5) is 10.8. The number of hydrogen-bond acceptors (Lipinski definition) is 3. The molecule has 0 aromatic heterocycles. The molecular formula is C10H19NO3. The minimum Gasteiger partial charge on any atom is -0.481 e. The number of ether oxygens (including phenoxy) is 1. The Labute approximate surface area is 84.4 Å². The van der Waals surface area contributed by atoms with Crippen molar-refractivity contribution in [3.63, 3.8) is 0 Å². The van der Waals surface area contributed by atoms with Crippen LogP contribution in [0.2, 0.25) is 0 Å². The maximum atomic E-state index is 10.8. The Morgan fingerprint density at radius 2 is 2.29 bits per heavy atom. The summed E-state index contributed by atoms with van der Waals surface area (Å²) in [5, 5.41) is 8.85. The largest absolute Gasteiger partial charge is 0.481 e. The Balaban J connectivity index is 2.22. The highest BCUT2D eigenvalue weighted by molar-refractivity contribution is 5.70. The normalized spacial score (nSPS) is 27.5. The van der Waals surface area contributed by atoms with Crippen LogP contribution in [0.1, 0.15) is 32.1 Å². The first kappa shape index (κ1) is 11.5. The molecule has 2 atom stereocenters. The minimum atomic E-state index is -0.683. The second-order valence-electron chi connectivity index (χ2n) is 3.84. The maximum absolute atomic E-state index is 10.8. The van der Waals surface area contributed by atoms with Gasteiger partial charge in [-0.25, -0.2) is 0 Å². The van der Waals surface area contributed by atoms with E-state index in [4.69, 9.17) is 15.6 Å².